The SMILES string of the molecule is CC(O)C(N)C(=O)NC(Cc1ccc(O)cc1)C(=O)NC(CCC(=O)O)C(=O)NC(Cc1c[nH]c2ccccc12)C(=O)O. The number of phenols is 1. The molecule has 0 saturated heterocycles. The zero-order valence-electron chi connectivity index (χ0n) is 23.3. The Bertz CT molecular complexity index is 1450. The van der Waals surface area contributed by atoms with Gasteiger partial charge in [-0.3, -0.25) is 19.2 Å². The van der Waals surface area contributed by atoms with E-state index in [0.29, 0.717) is 11.1 Å². The maximum Gasteiger partial charge on any atom is 0.326 e. The first kappa shape index (κ1) is 32.6. The van der Waals surface area contributed by atoms with E-state index in [4.69, 9.17) is 5.73 Å². The van der Waals surface area contributed by atoms with E-state index in [-0.39, 0.29) is 25.0 Å². The first-order valence-corrected chi connectivity index (χ1v) is 13.5. The molecule has 1 heterocycles. The van der Waals surface area contributed by atoms with Crippen molar-refractivity contribution >= 4 is 40.6 Å². The van der Waals surface area contributed by atoms with E-state index in [2.05, 4.69) is 20.9 Å². The van der Waals surface area contributed by atoms with Crippen molar-refractivity contribution in [3.05, 3.63) is 65.9 Å². The molecule has 0 fully saturated rings. The smallest absolute Gasteiger partial charge is 0.326 e. The number of carbonyl (C=O) groups is 5. The number of hydrogen-bond acceptors (Lipinski definition) is 8. The Morgan fingerprint density at radius 3 is 2.07 bits per heavy atom. The van der Waals surface area contributed by atoms with Gasteiger partial charge in [-0.25, -0.2) is 4.79 Å². The molecule has 10 N–H and O–H groups in total. The van der Waals surface area contributed by atoms with Gasteiger partial charge in [0.05, 0.1) is 6.10 Å². The van der Waals surface area contributed by atoms with Gasteiger partial charge in [0.15, 0.2) is 0 Å². The number of rotatable bonds is 15. The van der Waals surface area contributed by atoms with Crippen molar-refractivity contribution in [2.75, 3.05) is 0 Å². The summed E-state index contributed by atoms with van der Waals surface area (Å²) in [4.78, 5) is 65.7. The molecule has 0 aliphatic carbocycles. The number of amides is 3. The Kier molecular flexibility index (Phi) is 11.2. The fourth-order valence-corrected chi connectivity index (χ4v) is 4.37. The van der Waals surface area contributed by atoms with Gasteiger partial charge in [0, 0.05) is 36.4 Å². The highest BCUT2D eigenvalue weighted by Crippen LogP contribution is 2.19. The van der Waals surface area contributed by atoms with E-state index in [1.807, 2.05) is 12.1 Å². The fourth-order valence-electron chi connectivity index (χ4n) is 4.37. The summed E-state index contributed by atoms with van der Waals surface area (Å²) >= 11 is 0. The van der Waals surface area contributed by atoms with Crippen LogP contribution in [0.25, 0.3) is 10.9 Å². The quantitative estimate of drug-likeness (QED) is 0.111. The number of aliphatic carboxylic acids is 2. The van der Waals surface area contributed by atoms with Crippen molar-refractivity contribution in [1.29, 1.82) is 0 Å². The van der Waals surface area contributed by atoms with Crippen LogP contribution >= 0.6 is 0 Å². The number of carbonyl (C=O) groups excluding carboxylic acids is 3. The molecule has 2 aromatic carbocycles. The van der Waals surface area contributed by atoms with E-state index in [1.54, 1.807) is 18.3 Å². The molecule has 14 heteroatoms. The average molecular weight is 598 g/mol. The number of fused-ring (bicyclic) bond motifs is 1. The summed E-state index contributed by atoms with van der Waals surface area (Å²) in [5, 5.41) is 46.4. The number of phenolic OH excluding ortho intramolecular Hbond substituents is 1. The first-order valence-electron chi connectivity index (χ1n) is 13.5. The van der Waals surface area contributed by atoms with Gasteiger partial charge >= 0.3 is 11.9 Å². The molecule has 43 heavy (non-hydrogen) atoms. The van der Waals surface area contributed by atoms with Crippen LogP contribution in [0, 0.1) is 0 Å². The molecule has 14 nitrogen and oxygen atoms in total. The Morgan fingerprint density at radius 1 is 0.837 bits per heavy atom. The monoisotopic (exact) mass is 597 g/mol. The second-order valence-corrected chi connectivity index (χ2v) is 10.2. The summed E-state index contributed by atoms with van der Waals surface area (Å²) in [5.41, 5.74) is 7.63. The van der Waals surface area contributed by atoms with Crippen LogP contribution < -0.4 is 21.7 Å². The molecule has 0 aliphatic heterocycles. The van der Waals surface area contributed by atoms with Crippen molar-refractivity contribution in [2.45, 2.75) is 62.9 Å². The lowest BCUT2D eigenvalue weighted by Crippen LogP contribution is -2.58. The first-order chi connectivity index (χ1) is 20.3. The molecule has 0 saturated carbocycles. The van der Waals surface area contributed by atoms with E-state index in [0.717, 1.165) is 10.9 Å². The predicted octanol–water partition coefficient (Wildman–Crippen LogP) is -0.229. The van der Waals surface area contributed by atoms with E-state index >= 15 is 0 Å². The van der Waals surface area contributed by atoms with Crippen LogP contribution in [0.5, 0.6) is 5.75 Å². The lowest BCUT2D eigenvalue weighted by Gasteiger charge is -2.25. The molecular formula is C29H35N5O9. The lowest BCUT2D eigenvalue weighted by molar-refractivity contribution is -0.143. The maximum absolute atomic E-state index is 13.4. The van der Waals surface area contributed by atoms with E-state index < -0.39 is 66.4 Å². The van der Waals surface area contributed by atoms with Crippen LogP contribution in [0.2, 0.25) is 0 Å². The Balaban J connectivity index is 1.81. The molecule has 3 aromatic rings. The summed E-state index contributed by atoms with van der Waals surface area (Å²) in [5.74, 6) is -5.30. The maximum atomic E-state index is 13.4. The topological polar surface area (TPSA) is 244 Å². The number of aliphatic hydroxyl groups excluding tert-OH is 1. The van der Waals surface area contributed by atoms with Gasteiger partial charge in [-0.2, -0.15) is 0 Å². The van der Waals surface area contributed by atoms with Crippen molar-refractivity contribution in [3.8, 4) is 5.75 Å². The number of aliphatic hydroxyl groups is 1. The van der Waals surface area contributed by atoms with E-state index in [9.17, 15) is 44.4 Å². The molecule has 0 radical (unpaired) electrons. The highest BCUT2D eigenvalue weighted by Gasteiger charge is 2.32. The zero-order chi connectivity index (χ0) is 31.7. The molecule has 230 valence electrons. The molecule has 5 atom stereocenters. The van der Waals surface area contributed by atoms with Crippen LogP contribution in [0.15, 0.2) is 54.7 Å². The van der Waals surface area contributed by atoms with E-state index in [1.165, 1.54) is 31.2 Å². The highest BCUT2D eigenvalue weighted by molar-refractivity contribution is 5.95. The average Bonchev–Trinajstić information content (AvgIpc) is 3.37. The van der Waals surface area contributed by atoms with Gasteiger partial charge < -0.3 is 47.1 Å². The minimum absolute atomic E-state index is 0.0315. The number of H-pyrrole nitrogens is 1. The lowest BCUT2D eigenvalue weighted by atomic mass is 10.0. The third-order valence-corrected chi connectivity index (χ3v) is 6.83. The van der Waals surface area contributed by atoms with Gasteiger partial charge in [0.2, 0.25) is 17.7 Å². The van der Waals surface area contributed by atoms with Crippen molar-refractivity contribution in [2.24, 2.45) is 5.73 Å². The van der Waals surface area contributed by atoms with Gasteiger partial charge in [-0.15, -0.1) is 0 Å². The number of carboxylic acids is 2. The minimum atomic E-state index is -1.47. The number of benzene rings is 2. The summed E-state index contributed by atoms with van der Waals surface area (Å²) in [7, 11) is 0. The molecule has 5 unspecified atom stereocenters. The number of aromatic nitrogens is 1. The number of aromatic hydroxyl groups is 1. The van der Waals surface area contributed by atoms with Crippen molar-refractivity contribution < 1.29 is 44.4 Å². The van der Waals surface area contributed by atoms with Crippen LogP contribution in [0.4, 0.5) is 0 Å². The predicted molar refractivity (Wildman–Crippen MR) is 154 cm³/mol. The number of aromatic amines is 1. The summed E-state index contributed by atoms with van der Waals surface area (Å²) < 4.78 is 0. The Labute approximate surface area is 246 Å². The standard InChI is InChI=1S/C29H35N5O9/c1-15(35)25(30)28(41)33-22(12-16-6-8-18(36)9-7-16)27(40)32-21(10-11-24(37)38)26(39)34-23(29(42)43)13-17-14-31-20-5-3-2-4-19(17)20/h2-9,14-15,21-23,25,31,35-36H,10-13,30H2,1H3,(H,32,40)(H,33,41)(H,34,39)(H,37,38)(H,42,43). The number of carboxylic acid groups (broad SMARTS) is 2. The fraction of sp³-hybridized carbons (Fsp3) is 0.345. The number of nitrogens with two attached hydrogens (primary N) is 1. The van der Waals surface area contributed by atoms with Crippen LogP contribution in [0.3, 0.4) is 0 Å². The van der Waals surface area contributed by atoms with Crippen molar-refractivity contribution in [3.63, 3.8) is 0 Å². The normalized spacial score (nSPS) is 14.6. The number of para-hydroxylation sites is 1. The summed E-state index contributed by atoms with van der Waals surface area (Å²) in [6.45, 7) is 1.29. The molecule has 1 aromatic heterocycles. The molecule has 3 amide bonds. The molecule has 0 aliphatic rings. The van der Waals surface area contributed by atoms with Gasteiger partial charge in [-0.1, -0.05) is 30.3 Å². The molecular weight excluding hydrogens is 562 g/mol. The minimum Gasteiger partial charge on any atom is -0.508 e. The van der Waals surface area contributed by atoms with Gasteiger partial charge in [-0.05, 0) is 42.7 Å². The summed E-state index contributed by atoms with van der Waals surface area (Å²) in [6.07, 6.45) is -0.723. The summed E-state index contributed by atoms with van der Waals surface area (Å²) in [6, 6.07) is 7.37. The third-order valence-electron chi connectivity index (χ3n) is 6.83. The van der Waals surface area contributed by atoms with Crippen LogP contribution in [-0.2, 0) is 36.8 Å². The second kappa shape index (κ2) is 14.8. The number of hydrogen-bond donors (Lipinski definition) is 9. The van der Waals surface area contributed by atoms with Crippen LogP contribution in [-0.4, -0.2) is 85.3 Å². The second-order valence-electron chi connectivity index (χ2n) is 10.2. The number of nitrogens with one attached hydrogen (secondary N) is 4. The molecule has 0 spiro atoms. The van der Waals surface area contributed by atoms with Gasteiger partial charge in [0.1, 0.15) is 29.9 Å². The molecule has 3 rings (SSSR count). The highest BCUT2D eigenvalue weighted by atomic mass is 16.4. The Morgan fingerprint density at radius 2 is 1.44 bits per heavy atom. The van der Waals surface area contributed by atoms with Gasteiger partial charge in [0.25, 0.3) is 0 Å². The largest absolute Gasteiger partial charge is 0.508 e. The van der Waals surface area contributed by atoms with Crippen LogP contribution in [0.1, 0.15) is 30.9 Å². The van der Waals surface area contributed by atoms with Crippen molar-refractivity contribution in [1.82, 2.24) is 20.9 Å². The molecule has 0 bridgehead atoms. The Hall–Kier alpha value is -4.95. The third kappa shape index (κ3) is 9.28. The zero-order valence-corrected chi connectivity index (χ0v) is 23.3.